The molecule has 0 N–H and O–H groups in total. The number of esters is 2. The average molecular weight is 529 g/mol. The molecule has 38 heavy (non-hydrogen) atoms. The van der Waals surface area contributed by atoms with E-state index in [4.69, 9.17) is 14.2 Å². The molecule has 0 atom stereocenters. The Kier molecular flexibility index (Phi) is 20.7. The van der Waals surface area contributed by atoms with E-state index < -0.39 is 5.97 Å². The van der Waals surface area contributed by atoms with Crippen LogP contribution in [0.25, 0.3) is 6.08 Å². The van der Waals surface area contributed by atoms with Gasteiger partial charge in [0.05, 0.1) is 12.7 Å². The quantitative estimate of drug-likeness (QED) is 0.0805. The standard InChI is InChI=1S/C33H52O5/c1-4-6-7-8-9-10-11-12-13-14-15-16-17-18-19-22-32(34)38-28-30(5-2)33(35)37-27-20-21-29-23-25-31(36-3)26-24-29/h5,20-21,23-26H,4,6-19,22,27-28H2,1-3H3. The molecule has 0 aliphatic rings. The summed E-state index contributed by atoms with van der Waals surface area (Å²) < 4.78 is 15.7. The van der Waals surface area contributed by atoms with E-state index in [9.17, 15) is 9.59 Å². The first-order chi connectivity index (χ1) is 18.6. The lowest BCUT2D eigenvalue weighted by Gasteiger charge is -2.08. The van der Waals surface area contributed by atoms with Crippen LogP contribution in [-0.2, 0) is 19.1 Å². The van der Waals surface area contributed by atoms with E-state index in [0.717, 1.165) is 24.2 Å². The van der Waals surface area contributed by atoms with Crippen molar-refractivity contribution in [3.8, 4) is 5.75 Å². The summed E-state index contributed by atoms with van der Waals surface area (Å²) in [4.78, 5) is 24.3. The first-order valence-electron chi connectivity index (χ1n) is 14.9. The van der Waals surface area contributed by atoms with Crippen LogP contribution >= 0.6 is 0 Å². The molecule has 0 bridgehead atoms. The molecule has 0 saturated carbocycles. The van der Waals surface area contributed by atoms with Crippen molar-refractivity contribution >= 4 is 18.0 Å². The van der Waals surface area contributed by atoms with E-state index in [1.807, 2.05) is 30.3 Å². The van der Waals surface area contributed by atoms with Crippen molar-refractivity contribution in [2.45, 2.75) is 117 Å². The van der Waals surface area contributed by atoms with Crippen molar-refractivity contribution in [3.63, 3.8) is 0 Å². The zero-order valence-corrected chi connectivity index (χ0v) is 24.3. The second-order valence-corrected chi connectivity index (χ2v) is 9.95. The molecule has 1 rings (SSSR count). The summed E-state index contributed by atoms with van der Waals surface area (Å²) in [6.07, 6.45) is 25.1. The number of hydrogen-bond donors (Lipinski definition) is 0. The highest BCUT2D eigenvalue weighted by Gasteiger charge is 2.12. The summed E-state index contributed by atoms with van der Waals surface area (Å²) >= 11 is 0. The van der Waals surface area contributed by atoms with Crippen molar-refractivity contribution in [2.75, 3.05) is 20.3 Å². The topological polar surface area (TPSA) is 61.8 Å². The SMILES string of the molecule is CC=C(COC(=O)CCCCCCCCCCCCCCCCC)C(=O)OCC=Cc1ccc(OC)cc1. The largest absolute Gasteiger partial charge is 0.497 e. The van der Waals surface area contributed by atoms with Crippen LogP contribution in [0.3, 0.4) is 0 Å². The molecular weight excluding hydrogens is 476 g/mol. The Hall–Kier alpha value is -2.56. The Morgan fingerprint density at radius 2 is 1.26 bits per heavy atom. The zero-order valence-electron chi connectivity index (χ0n) is 24.3. The van der Waals surface area contributed by atoms with Crippen LogP contribution in [0.2, 0.25) is 0 Å². The molecule has 0 aliphatic carbocycles. The highest BCUT2D eigenvalue weighted by atomic mass is 16.5. The van der Waals surface area contributed by atoms with Crippen molar-refractivity contribution in [3.05, 3.63) is 47.6 Å². The Balaban J connectivity index is 2.01. The summed E-state index contributed by atoms with van der Waals surface area (Å²) in [5.74, 6) is 0.0679. The van der Waals surface area contributed by atoms with E-state index >= 15 is 0 Å². The van der Waals surface area contributed by atoms with Crippen LogP contribution in [-0.4, -0.2) is 32.3 Å². The first kappa shape index (κ1) is 33.5. The van der Waals surface area contributed by atoms with Gasteiger partial charge in [-0.25, -0.2) is 4.79 Å². The highest BCUT2D eigenvalue weighted by molar-refractivity contribution is 5.89. The monoisotopic (exact) mass is 528 g/mol. The Morgan fingerprint density at radius 3 is 1.76 bits per heavy atom. The number of carbonyl (C=O) groups excluding carboxylic acids is 2. The van der Waals surface area contributed by atoms with Crippen LogP contribution in [0.5, 0.6) is 5.75 Å². The summed E-state index contributed by atoms with van der Waals surface area (Å²) in [5.41, 5.74) is 1.34. The molecule has 0 radical (unpaired) electrons. The second-order valence-electron chi connectivity index (χ2n) is 9.95. The number of benzene rings is 1. The van der Waals surface area contributed by atoms with Crippen molar-refractivity contribution in [2.24, 2.45) is 0 Å². The third-order valence-corrected chi connectivity index (χ3v) is 6.72. The summed E-state index contributed by atoms with van der Waals surface area (Å²) in [5, 5.41) is 0. The minimum absolute atomic E-state index is 0.0465. The van der Waals surface area contributed by atoms with Gasteiger partial charge in [-0.2, -0.15) is 0 Å². The van der Waals surface area contributed by atoms with Crippen molar-refractivity contribution in [1.82, 2.24) is 0 Å². The van der Waals surface area contributed by atoms with E-state index in [1.54, 1.807) is 26.2 Å². The lowest BCUT2D eigenvalue weighted by molar-refractivity contribution is -0.144. The zero-order chi connectivity index (χ0) is 27.7. The molecule has 0 saturated heterocycles. The maximum Gasteiger partial charge on any atom is 0.337 e. The molecule has 0 heterocycles. The van der Waals surface area contributed by atoms with Gasteiger partial charge in [-0.15, -0.1) is 0 Å². The van der Waals surface area contributed by atoms with E-state index in [0.29, 0.717) is 12.0 Å². The van der Waals surface area contributed by atoms with Crippen molar-refractivity contribution in [1.29, 1.82) is 0 Å². The lowest BCUT2D eigenvalue weighted by atomic mass is 10.0. The number of unbranched alkanes of at least 4 members (excludes halogenated alkanes) is 14. The molecule has 1 aromatic carbocycles. The molecule has 0 spiro atoms. The smallest absolute Gasteiger partial charge is 0.337 e. The maximum absolute atomic E-state index is 12.3. The van der Waals surface area contributed by atoms with Gasteiger partial charge in [-0.05, 0) is 37.1 Å². The number of rotatable bonds is 23. The van der Waals surface area contributed by atoms with Gasteiger partial charge in [0, 0.05) is 6.42 Å². The normalized spacial score (nSPS) is 11.6. The summed E-state index contributed by atoms with van der Waals surface area (Å²) in [6, 6.07) is 7.59. The molecule has 0 unspecified atom stereocenters. The first-order valence-corrected chi connectivity index (χ1v) is 14.9. The Morgan fingerprint density at radius 1 is 0.737 bits per heavy atom. The molecule has 0 amide bonds. The minimum Gasteiger partial charge on any atom is -0.497 e. The third-order valence-electron chi connectivity index (χ3n) is 6.72. The van der Waals surface area contributed by atoms with Gasteiger partial charge < -0.3 is 14.2 Å². The van der Waals surface area contributed by atoms with Gasteiger partial charge in [0.2, 0.25) is 0 Å². The fraction of sp³-hybridized carbons (Fsp3) is 0.636. The second kappa shape index (κ2) is 23.5. The van der Waals surface area contributed by atoms with Gasteiger partial charge in [0.25, 0.3) is 0 Å². The van der Waals surface area contributed by atoms with E-state index in [-0.39, 0.29) is 19.2 Å². The molecule has 214 valence electrons. The average Bonchev–Trinajstić information content (AvgIpc) is 2.93. The number of methoxy groups -OCH3 is 1. The van der Waals surface area contributed by atoms with Gasteiger partial charge >= 0.3 is 11.9 Å². The molecule has 5 heteroatoms. The minimum atomic E-state index is -0.466. The van der Waals surface area contributed by atoms with Gasteiger partial charge in [-0.1, -0.05) is 121 Å². The molecular formula is C33H52O5. The lowest BCUT2D eigenvalue weighted by Crippen LogP contribution is -2.15. The molecule has 1 aromatic rings. The number of hydrogen-bond acceptors (Lipinski definition) is 5. The van der Waals surface area contributed by atoms with Crippen LogP contribution < -0.4 is 4.74 Å². The van der Waals surface area contributed by atoms with Crippen LogP contribution in [0, 0.1) is 0 Å². The van der Waals surface area contributed by atoms with Gasteiger partial charge in [0.1, 0.15) is 19.0 Å². The number of allylic oxidation sites excluding steroid dienone is 1. The predicted molar refractivity (Wildman–Crippen MR) is 157 cm³/mol. The van der Waals surface area contributed by atoms with Crippen molar-refractivity contribution < 1.29 is 23.8 Å². The summed E-state index contributed by atoms with van der Waals surface area (Å²) in [7, 11) is 1.63. The van der Waals surface area contributed by atoms with Crippen LogP contribution in [0.1, 0.15) is 122 Å². The molecule has 0 aliphatic heterocycles. The number of ether oxygens (including phenoxy) is 3. The van der Waals surface area contributed by atoms with Crippen LogP contribution in [0.15, 0.2) is 42.0 Å². The fourth-order valence-electron chi connectivity index (χ4n) is 4.25. The van der Waals surface area contributed by atoms with Gasteiger partial charge in [0.15, 0.2) is 0 Å². The van der Waals surface area contributed by atoms with Gasteiger partial charge in [-0.3, -0.25) is 4.79 Å². The predicted octanol–water partition coefficient (Wildman–Crippen LogP) is 9.00. The Bertz CT molecular complexity index is 794. The van der Waals surface area contributed by atoms with E-state index in [2.05, 4.69) is 6.92 Å². The molecule has 5 nitrogen and oxygen atoms in total. The fourth-order valence-corrected chi connectivity index (χ4v) is 4.25. The highest BCUT2D eigenvalue weighted by Crippen LogP contribution is 2.14. The number of carbonyl (C=O) groups is 2. The molecule has 0 fully saturated rings. The Labute approximate surface area is 232 Å². The summed E-state index contributed by atoms with van der Waals surface area (Å²) in [6.45, 7) is 4.11. The van der Waals surface area contributed by atoms with Crippen LogP contribution in [0.4, 0.5) is 0 Å². The van der Waals surface area contributed by atoms with E-state index in [1.165, 1.54) is 83.5 Å². The maximum atomic E-state index is 12.3. The third kappa shape index (κ3) is 17.8. The molecule has 0 aromatic heterocycles.